The molecule has 0 aromatic carbocycles. The van der Waals surface area contributed by atoms with E-state index in [2.05, 4.69) is 10.2 Å². The molecule has 1 atom stereocenters. The summed E-state index contributed by atoms with van der Waals surface area (Å²) in [5.74, 6) is 1.19. The molecule has 0 aromatic heterocycles. The molecule has 0 spiro atoms. The Hall–Kier alpha value is -0.570. The van der Waals surface area contributed by atoms with Crippen LogP contribution < -0.4 is 5.32 Å². The molecule has 1 heterocycles. The molecule has 3 rings (SSSR count). The Balaban J connectivity index is 1.57. The van der Waals surface area contributed by atoms with Gasteiger partial charge in [-0.05, 0) is 51.0 Å². The molecule has 1 aliphatic heterocycles. The lowest BCUT2D eigenvalue weighted by atomic mass is 9.88. The fraction of sp³-hybridized carbons (Fsp3) is 0.938. The summed E-state index contributed by atoms with van der Waals surface area (Å²) >= 11 is 0. The van der Waals surface area contributed by atoms with Gasteiger partial charge in [-0.2, -0.15) is 0 Å². The van der Waals surface area contributed by atoms with Crippen molar-refractivity contribution in [3.05, 3.63) is 0 Å². The molecular formula is C16H28N2O. The van der Waals surface area contributed by atoms with Crippen molar-refractivity contribution >= 4 is 5.91 Å². The minimum absolute atomic E-state index is 0.123. The van der Waals surface area contributed by atoms with Crippen LogP contribution in [-0.2, 0) is 4.79 Å². The molecule has 1 N–H and O–H groups in total. The third-order valence-electron chi connectivity index (χ3n) is 5.06. The maximum absolute atomic E-state index is 12.7. The highest BCUT2D eigenvalue weighted by molar-refractivity contribution is 5.82. The number of hydrogen-bond donors (Lipinski definition) is 1. The number of carbonyl (C=O) groups is 1. The predicted octanol–water partition coefficient (Wildman–Crippen LogP) is 2.70. The molecule has 0 radical (unpaired) electrons. The van der Waals surface area contributed by atoms with Crippen molar-refractivity contribution in [2.24, 2.45) is 5.92 Å². The Bertz CT molecular complexity index is 302. The number of nitrogens with one attached hydrogen (secondary N) is 1. The van der Waals surface area contributed by atoms with Gasteiger partial charge in [0, 0.05) is 12.6 Å². The average molecular weight is 264 g/mol. The molecule has 0 aromatic rings. The topological polar surface area (TPSA) is 32.3 Å². The molecular weight excluding hydrogens is 236 g/mol. The summed E-state index contributed by atoms with van der Waals surface area (Å²) in [4.78, 5) is 15.0. The fourth-order valence-electron chi connectivity index (χ4n) is 3.72. The van der Waals surface area contributed by atoms with Gasteiger partial charge in [0.1, 0.15) is 0 Å². The van der Waals surface area contributed by atoms with Gasteiger partial charge in [0.05, 0.1) is 6.04 Å². The molecule has 19 heavy (non-hydrogen) atoms. The maximum Gasteiger partial charge on any atom is 0.239 e. The van der Waals surface area contributed by atoms with E-state index < -0.39 is 0 Å². The summed E-state index contributed by atoms with van der Waals surface area (Å²) in [6, 6.07) is 0.705. The molecule has 2 aliphatic carbocycles. The lowest BCUT2D eigenvalue weighted by Gasteiger charge is -2.34. The van der Waals surface area contributed by atoms with E-state index in [-0.39, 0.29) is 6.04 Å². The SMILES string of the molecule is O=C([C@H]1CCCCN1)N(CC1CCCCC1)C1CC1. The van der Waals surface area contributed by atoms with Crippen molar-refractivity contribution in [2.75, 3.05) is 13.1 Å². The standard InChI is InChI=1S/C16H28N2O/c19-16(15-8-4-5-11-17-15)18(14-9-10-14)12-13-6-2-1-3-7-13/h13-15,17H,1-12H2/t15-/m1/s1. The molecule has 1 saturated heterocycles. The summed E-state index contributed by atoms with van der Waals surface area (Å²) in [5, 5.41) is 3.43. The van der Waals surface area contributed by atoms with E-state index in [4.69, 9.17) is 0 Å². The lowest BCUT2D eigenvalue weighted by molar-refractivity contribution is -0.135. The highest BCUT2D eigenvalue weighted by Gasteiger charge is 2.37. The second-order valence-electron chi connectivity index (χ2n) is 6.73. The molecule has 1 amide bonds. The zero-order valence-corrected chi connectivity index (χ0v) is 12.1. The second-order valence-corrected chi connectivity index (χ2v) is 6.73. The van der Waals surface area contributed by atoms with Gasteiger partial charge >= 0.3 is 0 Å². The first-order valence-electron chi connectivity index (χ1n) is 8.38. The van der Waals surface area contributed by atoms with Crippen molar-refractivity contribution in [1.82, 2.24) is 10.2 Å². The van der Waals surface area contributed by atoms with Crippen LogP contribution in [0.5, 0.6) is 0 Å². The van der Waals surface area contributed by atoms with Gasteiger partial charge in [0.2, 0.25) is 5.91 Å². The van der Waals surface area contributed by atoms with E-state index >= 15 is 0 Å². The number of nitrogens with zero attached hydrogens (tertiary/aromatic N) is 1. The van der Waals surface area contributed by atoms with Gasteiger partial charge in [0.15, 0.2) is 0 Å². The summed E-state index contributed by atoms with van der Waals surface area (Å²) < 4.78 is 0. The largest absolute Gasteiger partial charge is 0.338 e. The van der Waals surface area contributed by atoms with Crippen LogP contribution in [0.25, 0.3) is 0 Å². The van der Waals surface area contributed by atoms with E-state index in [0.717, 1.165) is 25.4 Å². The zero-order chi connectivity index (χ0) is 13.1. The van der Waals surface area contributed by atoms with Gasteiger partial charge in [-0.1, -0.05) is 25.7 Å². The van der Waals surface area contributed by atoms with Crippen molar-refractivity contribution in [2.45, 2.75) is 76.3 Å². The average Bonchev–Trinajstić information content (AvgIpc) is 3.31. The molecule has 0 bridgehead atoms. The fourth-order valence-corrected chi connectivity index (χ4v) is 3.72. The van der Waals surface area contributed by atoms with E-state index in [1.807, 2.05) is 0 Å². The number of piperidine rings is 1. The molecule has 3 aliphatic rings. The second kappa shape index (κ2) is 6.25. The van der Waals surface area contributed by atoms with E-state index in [9.17, 15) is 4.79 Å². The number of rotatable bonds is 4. The number of hydrogen-bond acceptors (Lipinski definition) is 2. The van der Waals surface area contributed by atoms with Crippen LogP contribution in [-0.4, -0.2) is 36.0 Å². The third-order valence-corrected chi connectivity index (χ3v) is 5.06. The first-order valence-corrected chi connectivity index (χ1v) is 8.38. The zero-order valence-electron chi connectivity index (χ0n) is 12.1. The summed E-state index contributed by atoms with van der Waals surface area (Å²) in [7, 11) is 0. The van der Waals surface area contributed by atoms with Gasteiger partial charge in [-0.3, -0.25) is 4.79 Å². The van der Waals surface area contributed by atoms with Crippen LogP contribution in [0.3, 0.4) is 0 Å². The highest BCUT2D eigenvalue weighted by Crippen LogP contribution is 2.32. The highest BCUT2D eigenvalue weighted by atomic mass is 16.2. The predicted molar refractivity (Wildman–Crippen MR) is 77.0 cm³/mol. The Labute approximate surface area is 117 Å². The first-order chi connectivity index (χ1) is 9.34. The monoisotopic (exact) mass is 264 g/mol. The van der Waals surface area contributed by atoms with Crippen molar-refractivity contribution in [1.29, 1.82) is 0 Å². The third kappa shape index (κ3) is 3.50. The van der Waals surface area contributed by atoms with E-state index in [1.165, 1.54) is 57.8 Å². The number of amides is 1. The Morgan fingerprint density at radius 3 is 2.32 bits per heavy atom. The first kappa shape index (κ1) is 13.4. The van der Waals surface area contributed by atoms with Gasteiger partial charge in [-0.25, -0.2) is 0 Å². The van der Waals surface area contributed by atoms with Crippen LogP contribution in [0.4, 0.5) is 0 Å². The minimum Gasteiger partial charge on any atom is -0.338 e. The molecule has 108 valence electrons. The minimum atomic E-state index is 0.123. The van der Waals surface area contributed by atoms with Crippen LogP contribution in [0.15, 0.2) is 0 Å². The molecule has 3 fully saturated rings. The van der Waals surface area contributed by atoms with Crippen LogP contribution in [0.1, 0.15) is 64.2 Å². The lowest BCUT2D eigenvalue weighted by Crippen LogP contribution is -2.50. The smallest absolute Gasteiger partial charge is 0.239 e. The number of carbonyl (C=O) groups excluding carboxylic acids is 1. The van der Waals surface area contributed by atoms with Crippen LogP contribution in [0.2, 0.25) is 0 Å². The summed E-state index contributed by atoms with van der Waals surface area (Å²) in [6.07, 6.45) is 12.8. The Kier molecular flexibility index (Phi) is 4.42. The Morgan fingerprint density at radius 1 is 0.947 bits per heavy atom. The molecule has 0 unspecified atom stereocenters. The van der Waals surface area contributed by atoms with Crippen molar-refractivity contribution in [3.8, 4) is 0 Å². The molecule has 3 heteroatoms. The molecule has 2 saturated carbocycles. The van der Waals surface area contributed by atoms with E-state index in [1.54, 1.807) is 0 Å². The van der Waals surface area contributed by atoms with Crippen LogP contribution >= 0.6 is 0 Å². The van der Waals surface area contributed by atoms with Crippen molar-refractivity contribution in [3.63, 3.8) is 0 Å². The molecule has 3 nitrogen and oxygen atoms in total. The van der Waals surface area contributed by atoms with E-state index in [0.29, 0.717) is 11.9 Å². The van der Waals surface area contributed by atoms with Gasteiger partial charge in [-0.15, -0.1) is 0 Å². The van der Waals surface area contributed by atoms with Gasteiger partial charge < -0.3 is 10.2 Å². The Morgan fingerprint density at radius 2 is 1.68 bits per heavy atom. The quantitative estimate of drug-likeness (QED) is 0.846. The summed E-state index contributed by atoms with van der Waals surface area (Å²) in [6.45, 7) is 2.07. The summed E-state index contributed by atoms with van der Waals surface area (Å²) in [5.41, 5.74) is 0. The maximum atomic E-state index is 12.7. The van der Waals surface area contributed by atoms with Gasteiger partial charge in [0.25, 0.3) is 0 Å². The normalized spacial score (nSPS) is 29.2. The van der Waals surface area contributed by atoms with Crippen LogP contribution in [0, 0.1) is 5.92 Å². The van der Waals surface area contributed by atoms with Crippen molar-refractivity contribution < 1.29 is 4.79 Å².